The van der Waals surface area contributed by atoms with Crippen LogP contribution in [0.15, 0.2) is 36.4 Å². The lowest BCUT2D eigenvalue weighted by molar-refractivity contribution is 0.415. The second kappa shape index (κ2) is 6.13. The number of rotatable bonds is 4. The van der Waals surface area contributed by atoms with Gasteiger partial charge in [0.05, 0.1) is 12.1 Å². The SMILES string of the molecule is COc1ccc(NCc2cc(Cl)ccc2F)cc1Cl. The Morgan fingerprint density at radius 3 is 2.63 bits per heavy atom. The average molecular weight is 300 g/mol. The van der Waals surface area contributed by atoms with Gasteiger partial charge in [-0.2, -0.15) is 0 Å². The van der Waals surface area contributed by atoms with Crippen molar-refractivity contribution in [3.63, 3.8) is 0 Å². The number of nitrogens with one attached hydrogen (secondary N) is 1. The van der Waals surface area contributed by atoms with Crippen molar-refractivity contribution >= 4 is 28.9 Å². The van der Waals surface area contributed by atoms with Crippen LogP contribution in [0.2, 0.25) is 10.0 Å². The molecule has 0 unspecified atom stereocenters. The fraction of sp³-hybridized carbons (Fsp3) is 0.143. The summed E-state index contributed by atoms with van der Waals surface area (Å²) in [5.41, 5.74) is 1.28. The molecular weight excluding hydrogens is 288 g/mol. The molecule has 100 valence electrons. The lowest BCUT2D eigenvalue weighted by atomic mass is 10.2. The molecule has 0 aliphatic carbocycles. The molecule has 5 heteroatoms. The van der Waals surface area contributed by atoms with Gasteiger partial charge in [0.1, 0.15) is 11.6 Å². The molecule has 2 rings (SSSR count). The zero-order valence-electron chi connectivity index (χ0n) is 10.2. The Morgan fingerprint density at radius 2 is 1.95 bits per heavy atom. The molecule has 0 fully saturated rings. The topological polar surface area (TPSA) is 21.3 Å². The number of methoxy groups -OCH3 is 1. The van der Waals surface area contributed by atoms with Crippen molar-refractivity contribution in [3.05, 3.63) is 57.8 Å². The first-order valence-electron chi connectivity index (χ1n) is 5.61. The molecule has 0 spiro atoms. The summed E-state index contributed by atoms with van der Waals surface area (Å²) in [6, 6.07) is 9.75. The van der Waals surface area contributed by atoms with Crippen molar-refractivity contribution in [1.29, 1.82) is 0 Å². The third-order valence-electron chi connectivity index (χ3n) is 2.64. The highest BCUT2D eigenvalue weighted by molar-refractivity contribution is 6.32. The molecule has 0 aliphatic heterocycles. The van der Waals surface area contributed by atoms with Crippen molar-refractivity contribution in [2.75, 3.05) is 12.4 Å². The Morgan fingerprint density at radius 1 is 1.16 bits per heavy atom. The Labute approximate surface area is 121 Å². The van der Waals surface area contributed by atoms with Crippen LogP contribution in [-0.4, -0.2) is 7.11 Å². The van der Waals surface area contributed by atoms with E-state index >= 15 is 0 Å². The third kappa shape index (κ3) is 3.52. The fourth-order valence-corrected chi connectivity index (χ4v) is 2.10. The smallest absolute Gasteiger partial charge is 0.137 e. The van der Waals surface area contributed by atoms with E-state index in [2.05, 4.69) is 5.32 Å². The van der Waals surface area contributed by atoms with E-state index in [1.807, 2.05) is 6.07 Å². The van der Waals surface area contributed by atoms with Crippen LogP contribution in [0, 0.1) is 5.82 Å². The van der Waals surface area contributed by atoms with Gasteiger partial charge in [-0.15, -0.1) is 0 Å². The predicted molar refractivity (Wildman–Crippen MR) is 76.7 cm³/mol. The quantitative estimate of drug-likeness (QED) is 0.879. The molecule has 0 atom stereocenters. The van der Waals surface area contributed by atoms with Crippen LogP contribution in [0.1, 0.15) is 5.56 Å². The minimum absolute atomic E-state index is 0.295. The molecule has 19 heavy (non-hydrogen) atoms. The van der Waals surface area contributed by atoms with Gasteiger partial charge < -0.3 is 10.1 Å². The Kier molecular flexibility index (Phi) is 4.51. The normalized spacial score (nSPS) is 10.3. The average Bonchev–Trinajstić information content (AvgIpc) is 2.40. The molecule has 0 aromatic heterocycles. The second-order valence-electron chi connectivity index (χ2n) is 3.94. The van der Waals surface area contributed by atoms with Crippen LogP contribution in [0.3, 0.4) is 0 Å². The summed E-state index contributed by atoms with van der Waals surface area (Å²) in [6.07, 6.45) is 0. The maximum Gasteiger partial charge on any atom is 0.137 e. The highest BCUT2D eigenvalue weighted by atomic mass is 35.5. The third-order valence-corrected chi connectivity index (χ3v) is 3.17. The van der Waals surface area contributed by atoms with E-state index in [0.29, 0.717) is 27.9 Å². The van der Waals surface area contributed by atoms with E-state index in [1.54, 1.807) is 25.3 Å². The number of benzene rings is 2. The number of hydrogen-bond donors (Lipinski definition) is 1. The van der Waals surface area contributed by atoms with Crippen molar-refractivity contribution in [3.8, 4) is 5.75 Å². The Balaban J connectivity index is 2.10. The molecule has 0 bridgehead atoms. The van der Waals surface area contributed by atoms with Crippen LogP contribution in [0.5, 0.6) is 5.75 Å². The molecule has 0 aliphatic rings. The van der Waals surface area contributed by atoms with E-state index < -0.39 is 0 Å². The first kappa shape index (κ1) is 14.0. The van der Waals surface area contributed by atoms with Gasteiger partial charge in [-0.25, -0.2) is 4.39 Å². The second-order valence-corrected chi connectivity index (χ2v) is 4.78. The minimum atomic E-state index is -0.295. The standard InChI is InChI=1S/C14H12Cl2FNO/c1-19-14-5-3-11(7-12(14)16)18-8-9-6-10(15)2-4-13(9)17/h2-7,18H,8H2,1H3. The van der Waals surface area contributed by atoms with Gasteiger partial charge >= 0.3 is 0 Å². The van der Waals surface area contributed by atoms with Crippen LogP contribution in [-0.2, 0) is 6.54 Å². The summed E-state index contributed by atoms with van der Waals surface area (Å²) in [5.74, 6) is 0.303. The van der Waals surface area contributed by atoms with Crippen LogP contribution < -0.4 is 10.1 Å². The number of anilines is 1. The fourth-order valence-electron chi connectivity index (χ4n) is 1.65. The van der Waals surface area contributed by atoms with E-state index in [4.69, 9.17) is 27.9 Å². The Bertz CT molecular complexity index is 590. The minimum Gasteiger partial charge on any atom is -0.495 e. The molecule has 2 aromatic carbocycles. The molecule has 0 saturated heterocycles. The molecule has 0 radical (unpaired) electrons. The van der Waals surface area contributed by atoms with Crippen molar-refractivity contribution < 1.29 is 9.13 Å². The predicted octanol–water partition coefficient (Wildman–Crippen LogP) is 4.75. The van der Waals surface area contributed by atoms with Gasteiger partial charge in [-0.1, -0.05) is 23.2 Å². The van der Waals surface area contributed by atoms with E-state index in [0.717, 1.165) is 5.69 Å². The lowest BCUT2D eigenvalue weighted by Gasteiger charge is -2.10. The summed E-state index contributed by atoms with van der Waals surface area (Å²) in [5, 5.41) is 4.09. The van der Waals surface area contributed by atoms with Crippen LogP contribution >= 0.6 is 23.2 Å². The monoisotopic (exact) mass is 299 g/mol. The highest BCUT2D eigenvalue weighted by Gasteiger charge is 2.05. The molecule has 2 aromatic rings. The first-order chi connectivity index (χ1) is 9.10. The lowest BCUT2D eigenvalue weighted by Crippen LogP contribution is -2.02. The van der Waals surface area contributed by atoms with Gasteiger partial charge in [-0.05, 0) is 36.4 Å². The Hall–Kier alpha value is -1.45. The zero-order valence-corrected chi connectivity index (χ0v) is 11.7. The van der Waals surface area contributed by atoms with Crippen molar-refractivity contribution in [1.82, 2.24) is 0 Å². The molecule has 2 nitrogen and oxygen atoms in total. The summed E-state index contributed by atoms with van der Waals surface area (Å²) in [4.78, 5) is 0. The van der Waals surface area contributed by atoms with E-state index in [9.17, 15) is 4.39 Å². The van der Waals surface area contributed by atoms with Gasteiger partial charge in [-0.3, -0.25) is 0 Å². The van der Waals surface area contributed by atoms with Crippen molar-refractivity contribution in [2.45, 2.75) is 6.54 Å². The number of hydrogen-bond acceptors (Lipinski definition) is 2. The zero-order chi connectivity index (χ0) is 13.8. The molecule has 1 N–H and O–H groups in total. The van der Waals surface area contributed by atoms with Crippen LogP contribution in [0.25, 0.3) is 0 Å². The van der Waals surface area contributed by atoms with Gasteiger partial charge in [0.2, 0.25) is 0 Å². The number of halogens is 3. The first-order valence-corrected chi connectivity index (χ1v) is 6.37. The van der Waals surface area contributed by atoms with Crippen molar-refractivity contribution in [2.24, 2.45) is 0 Å². The van der Waals surface area contributed by atoms with Gasteiger partial charge in [0.25, 0.3) is 0 Å². The van der Waals surface area contributed by atoms with Gasteiger partial charge in [0, 0.05) is 22.8 Å². The summed E-state index contributed by atoms with van der Waals surface area (Å²) < 4.78 is 18.6. The van der Waals surface area contributed by atoms with Crippen LogP contribution in [0.4, 0.5) is 10.1 Å². The molecule has 0 heterocycles. The summed E-state index contributed by atoms with van der Waals surface area (Å²) >= 11 is 11.8. The largest absolute Gasteiger partial charge is 0.495 e. The summed E-state index contributed by atoms with van der Waals surface area (Å²) in [7, 11) is 1.55. The molecule has 0 saturated carbocycles. The highest BCUT2D eigenvalue weighted by Crippen LogP contribution is 2.27. The van der Waals surface area contributed by atoms with E-state index in [1.165, 1.54) is 12.1 Å². The molecular formula is C14H12Cl2FNO. The molecule has 0 amide bonds. The van der Waals surface area contributed by atoms with Gasteiger partial charge in [0.15, 0.2) is 0 Å². The van der Waals surface area contributed by atoms with E-state index in [-0.39, 0.29) is 5.82 Å². The maximum absolute atomic E-state index is 13.5. The number of ether oxygens (including phenoxy) is 1. The summed E-state index contributed by atoms with van der Waals surface area (Å²) in [6.45, 7) is 0.328. The maximum atomic E-state index is 13.5.